The van der Waals surface area contributed by atoms with Crippen molar-refractivity contribution in [3.05, 3.63) is 31.4 Å². The Morgan fingerprint density at radius 2 is 2.28 bits per heavy atom. The molecule has 2 heterocycles. The SMILES string of the molecule is C=CCNC(=NCC(=O)N(C)C)N1CCC(C)C(n2ccnc2)C1.I. The van der Waals surface area contributed by atoms with Gasteiger partial charge in [0.2, 0.25) is 5.91 Å². The second-order valence-electron chi connectivity index (χ2n) is 6.39. The van der Waals surface area contributed by atoms with Gasteiger partial charge in [-0.25, -0.2) is 9.98 Å². The first-order chi connectivity index (χ1) is 11.5. The fraction of sp³-hybridized carbons (Fsp3) is 0.588. The molecule has 1 N–H and O–H groups in total. The highest BCUT2D eigenvalue weighted by Gasteiger charge is 2.29. The fourth-order valence-corrected chi connectivity index (χ4v) is 2.81. The summed E-state index contributed by atoms with van der Waals surface area (Å²) in [7, 11) is 3.48. The van der Waals surface area contributed by atoms with E-state index in [4.69, 9.17) is 0 Å². The molecule has 2 unspecified atom stereocenters. The normalized spacial score (nSPS) is 20.6. The number of guanidine groups is 1. The van der Waals surface area contributed by atoms with Crippen LogP contribution in [0.2, 0.25) is 0 Å². The molecule has 0 aromatic carbocycles. The zero-order valence-corrected chi connectivity index (χ0v) is 17.6. The third kappa shape index (κ3) is 6.02. The van der Waals surface area contributed by atoms with Gasteiger partial charge in [-0.1, -0.05) is 13.0 Å². The van der Waals surface area contributed by atoms with E-state index < -0.39 is 0 Å². The summed E-state index contributed by atoms with van der Waals surface area (Å²) < 4.78 is 2.16. The number of aliphatic imine (C=N–C) groups is 1. The number of halogens is 1. The van der Waals surface area contributed by atoms with E-state index in [0.717, 1.165) is 25.5 Å². The molecule has 1 fully saturated rings. The summed E-state index contributed by atoms with van der Waals surface area (Å²) in [5.41, 5.74) is 0. The van der Waals surface area contributed by atoms with Crippen molar-refractivity contribution in [2.45, 2.75) is 19.4 Å². The van der Waals surface area contributed by atoms with Gasteiger partial charge in [0.05, 0.1) is 12.4 Å². The number of rotatable bonds is 5. The van der Waals surface area contributed by atoms with Crippen LogP contribution in [0.3, 0.4) is 0 Å². The second-order valence-corrected chi connectivity index (χ2v) is 6.39. The van der Waals surface area contributed by atoms with Crippen molar-refractivity contribution in [3.8, 4) is 0 Å². The Morgan fingerprint density at radius 1 is 1.52 bits per heavy atom. The third-order valence-corrected chi connectivity index (χ3v) is 4.39. The smallest absolute Gasteiger partial charge is 0.243 e. The van der Waals surface area contributed by atoms with E-state index >= 15 is 0 Å². The number of imidazole rings is 1. The molecule has 8 heteroatoms. The third-order valence-electron chi connectivity index (χ3n) is 4.39. The fourth-order valence-electron chi connectivity index (χ4n) is 2.81. The highest BCUT2D eigenvalue weighted by atomic mass is 127. The predicted octanol–water partition coefficient (Wildman–Crippen LogP) is 1.60. The predicted molar refractivity (Wildman–Crippen MR) is 111 cm³/mol. The summed E-state index contributed by atoms with van der Waals surface area (Å²) in [6.45, 7) is 8.55. The number of amides is 1. The summed E-state index contributed by atoms with van der Waals surface area (Å²) in [5, 5.41) is 3.28. The number of aromatic nitrogens is 2. The topological polar surface area (TPSA) is 65.8 Å². The van der Waals surface area contributed by atoms with Gasteiger partial charge < -0.3 is 19.7 Å². The quantitative estimate of drug-likeness (QED) is 0.314. The van der Waals surface area contributed by atoms with Gasteiger partial charge in [-0.2, -0.15) is 0 Å². The summed E-state index contributed by atoms with van der Waals surface area (Å²) in [6.07, 6.45) is 8.55. The minimum Gasteiger partial charge on any atom is -0.353 e. The number of nitrogens with zero attached hydrogens (tertiary/aromatic N) is 5. The molecule has 7 nitrogen and oxygen atoms in total. The minimum absolute atomic E-state index is 0. The van der Waals surface area contributed by atoms with Gasteiger partial charge >= 0.3 is 0 Å². The molecule has 1 aliphatic heterocycles. The van der Waals surface area contributed by atoms with Crippen molar-refractivity contribution in [3.63, 3.8) is 0 Å². The maximum atomic E-state index is 11.8. The Balaban J connectivity index is 0.00000312. The Morgan fingerprint density at radius 3 is 2.88 bits per heavy atom. The monoisotopic (exact) mass is 460 g/mol. The maximum absolute atomic E-state index is 11.8. The highest BCUT2D eigenvalue weighted by Crippen LogP contribution is 2.27. The van der Waals surface area contributed by atoms with Crippen LogP contribution in [0.4, 0.5) is 0 Å². The van der Waals surface area contributed by atoms with E-state index in [1.54, 1.807) is 25.1 Å². The van der Waals surface area contributed by atoms with E-state index in [2.05, 4.69) is 38.3 Å². The Kier molecular flexibility index (Phi) is 8.95. The Labute approximate surface area is 167 Å². The molecule has 0 spiro atoms. The van der Waals surface area contributed by atoms with Crippen LogP contribution in [0.15, 0.2) is 36.4 Å². The molecule has 0 bridgehead atoms. The lowest BCUT2D eigenvalue weighted by molar-refractivity contribution is -0.127. The molecule has 2 rings (SSSR count). The number of carbonyl (C=O) groups excluding carboxylic acids is 1. The van der Waals surface area contributed by atoms with Crippen LogP contribution in [0, 0.1) is 5.92 Å². The zero-order valence-electron chi connectivity index (χ0n) is 15.3. The molecule has 2 atom stereocenters. The minimum atomic E-state index is -0.00978. The van der Waals surface area contributed by atoms with Gasteiger partial charge in [0.25, 0.3) is 0 Å². The first-order valence-corrected chi connectivity index (χ1v) is 8.34. The molecule has 1 saturated heterocycles. The van der Waals surface area contributed by atoms with Gasteiger partial charge in [-0.3, -0.25) is 4.79 Å². The molecule has 1 aromatic rings. The van der Waals surface area contributed by atoms with Crippen molar-refractivity contribution in [1.82, 2.24) is 24.7 Å². The number of hydrogen-bond donors (Lipinski definition) is 1. The molecule has 1 aliphatic rings. The number of piperidine rings is 1. The molecule has 1 aromatic heterocycles. The summed E-state index contributed by atoms with van der Waals surface area (Å²) >= 11 is 0. The van der Waals surface area contributed by atoms with Crippen molar-refractivity contribution in [2.75, 3.05) is 40.3 Å². The van der Waals surface area contributed by atoms with Crippen molar-refractivity contribution >= 4 is 35.8 Å². The van der Waals surface area contributed by atoms with Crippen LogP contribution in [0.25, 0.3) is 0 Å². The number of hydrogen-bond acceptors (Lipinski definition) is 3. The van der Waals surface area contributed by atoms with Crippen molar-refractivity contribution < 1.29 is 4.79 Å². The molecule has 25 heavy (non-hydrogen) atoms. The lowest BCUT2D eigenvalue weighted by atomic mass is 9.93. The number of carbonyl (C=O) groups is 1. The standard InChI is InChI=1S/C17H28N6O.HI/c1-5-7-19-17(20-11-16(24)21(3)4)22-9-6-14(2)15(12-22)23-10-8-18-13-23;/h5,8,10,13-15H,1,6-7,9,11-12H2,2-4H3,(H,19,20);1H. The summed E-state index contributed by atoms with van der Waals surface area (Å²) in [6, 6.07) is 0.349. The lowest BCUT2D eigenvalue weighted by Gasteiger charge is -2.39. The number of likely N-dealkylation sites (tertiary alicyclic amines) is 1. The summed E-state index contributed by atoms with van der Waals surface area (Å²) in [4.78, 5) is 24.3. The van der Waals surface area contributed by atoms with E-state index in [0.29, 0.717) is 18.5 Å². The lowest BCUT2D eigenvalue weighted by Crippen LogP contribution is -2.49. The van der Waals surface area contributed by atoms with Crippen LogP contribution >= 0.6 is 24.0 Å². The number of nitrogens with one attached hydrogen (secondary N) is 1. The second kappa shape index (κ2) is 10.4. The Hall–Kier alpha value is -1.58. The molecule has 0 radical (unpaired) electrons. The largest absolute Gasteiger partial charge is 0.353 e. The molecular formula is C17H29IN6O. The molecule has 140 valence electrons. The van der Waals surface area contributed by atoms with Crippen LogP contribution in [-0.4, -0.2) is 71.5 Å². The van der Waals surface area contributed by atoms with E-state index in [1.165, 1.54) is 0 Å². The average molecular weight is 460 g/mol. The first-order valence-electron chi connectivity index (χ1n) is 8.34. The van der Waals surface area contributed by atoms with Gasteiger partial charge in [0, 0.05) is 46.1 Å². The Bertz CT molecular complexity index is 572. The van der Waals surface area contributed by atoms with Crippen molar-refractivity contribution in [1.29, 1.82) is 0 Å². The van der Waals surface area contributed by atoms with Gasteiger partial charge in [0.1, 0.15) is 6.54 Å². The highest BCUT2D eigenvalue weighted by molar-refractivity contribution is 14.0. The summed E-state index contributed by atoms with van der Waals surface area (Å²) in [5.74, 6) is 1.33. The average Bonchev–Trinajstić information content (AvgIpc) is 3.09. The van der Waals surface area contributed by atoms with E-state index in [9.17, 15) is 4.79 Å². The molecule has 1 amide bonds. The first kappa shape index (κ1) is 21.5. The van der Waals surface area contributed by atoms with Gasteiger partial charge in [-0.05, 0) is 12.3 Å². The number of likely N-dealkylation sites (N-methyl/N-ethyl adjacent to an activating group) is 1. The van der Waals surface area contributed by atoms with Crippen LogP contribution in [0.5, 0.6) is 0 Å². The molecule has 0 aliphatic carbocycles. The van der Waals surface area contributed by atoms with E-state index in [-0.39, 0.29) is 36.4 Å². The van der Waals surface area contributed by atoms with Crippen molar-refractivity contribution in [2.24, 2.45) is 10.9 Å². The van der Waals surface area contributed by atoms with Crippen LogP contribution in [-0.2, 0) is 4.79 Å². The zero-order chi connectivity index (χ0) is 17.5. The van der Waals surface area contributed by atoms with Crippen LogP contribution in [0.1, 0.15) is 19.4 Å². The van der Waals surface area contributed by atoms with Gasteiger partial charge in [0.15, 0.2) is 5.96 Å². The maximum Gasteiger partial charge on any atom is 0.243 e. The molecule has 0 saturated carbocycles. The molecular weight excluding hydrogens is 431 g/mol. The van der Waals surface area contributed by atoms with Crippen LogP contribution < -0.4 is 5.32 Å². The van der Waals surface area contributed by atoms with E-state index in [1.807, 2.05) is 18.7 Å². The van der Waals surface area contributed by atoms with Gasteiger partial charge in [-0.15, -0.1) is 30.6 Å².